The van der Waals surface area contributed by atoms with Gasteiger partial charge in [-0.15, -0.1) is 0 Å². The lowest BCUT2D eigenvalue weighted by Gasteiger charge is -2.14. The van der Waals surface area contributed by atoms with Crippen LogP contribution in [0.4, 0.5) is 0 Å². The molecule has 5 nitrogen and oxygen atoms in total. The molecule has 0 radical (unpaired) electrons. The van der Waals surface area contributed by atoms with Crippen molar-refractivity contribution in [3.8, 4) is 0 Å². The van der Waals surface area contributed by atoms with Gasteiger partial charge in [-0.3, -0.25) is 4.99 Å². The number of aliphatic hydroxyl groups is 1. The lowest BCUT2D eigenvalue weighted by molar-refractivity contribution is -0.150. The zero-order valence-corrected chi connectivity index (χ0v) is 10.5. The van der Waals surface area contributed by atoms with Crippen LogP contribution < -0.4 is 0 Å². The molecule has 1 aromatic carbocycles. The van der Waals surface area contributed by atoms with E-state index in [1.165, 1.54) is 7.11 Å². The zero-order valence-electron chi connectivity index (χ0n) is 10.5. The molecular weight excluding hydrogens is 232 g/mol. The number of aliphatic imine (C=N–C) groups is 1. The third kappa shape index (κ3) is 2.36. The van der Waals surface area contributed by atoms with Crippen LogP contribution >= 0.6 is 0 Å². The Bertz CT molecular complexity index is 468. The highest BCUT2D eigenvalue weighted by atomic mass is 16.5. The number of benzene rings is 1. The average molecular weight is 248 g/mol. The van der Waals surface area contributed by atoms with Crippen LogP contribution in [0.15, 0.2) is 29.3 Å². The van der Waals surface area contributed by atoms with Gasteiger partial charge in [-0.1, -0.05) is 24.3 Å². The molecule has 0 aliphatic carbocycles. The molecule has 1 heterocycles. The summed E-state index contributed by atoms with van der Waals surface area (Å²) in [7, 11) is 3.24. The van der Waals surface area contributed by atoms with E-state index in [2.05, 4.69) is 14.6 Å². The topological polar surface area (TPSA) is 62.1 Å². The molecule has 0 fully saturated rings. The van der Waals surface area contributed by atoms with Crippen LogP contribution in [0.2, 0.25) is 0 Å². The number of carbonyl (C=O) groups is 1. The van der Waals surface area contributed by atoms with Gasteiger partial charge >= 0.3 is 5.97 Å². The molecule has 1 unspecified atom stereocenters. The van der Waals surface area contributed by atoms with Gasteiger partial charge in [-0.25, -0.2) is 4.79 Å². The minimum Gasteiger partial charge on any atom is -0.467 e. The van der Waals surface area contributed by atoms with Crippen LogP contribution in [0.1, 0.15) is 17.2 Å². The van der Waals surface area contributed by atoms with Crippen molar-refractivity contribution in [1.82, 2.24) is 4.90 Å². The van der Waals surface area contributed by atoms with Crippen molar-refractivity contribution in [3.63, 3.8) is 0 Å². The van der Waals surface area contributed by atoms with Gasteiger partial charge in [0, 0.05) is 19.2 Å². The maximum absolute atomic E-state index is 11.2. The molecule has 1 atom stereocenters. The molecular formula is C13H16N2O3. The molecule has 2 rings (SSSR count). The summed E-state index contributed by atoms with van der Waals surface area (Å²) >= 11 is 0. The lowest BCUT2D eigenvalue weighted by Crippen LogP contribution is -2.23. The molecule has 0 spiro atoms. The predicted molar refractivity (Wildman–Crippen MR) is 67.5 cm³/mol. The standard InChI is InChI=1S/C13H16N2O3/c1-15-8-7-14-12(15)10-5-3-9(4-6-10)11(16)13(17)18-2/h3-6,11,16H,7-8H2,1-2H3. The van der Waals surface area contributed by atoms with Crippen LogP contribution in [-0.4, -0.2) is 49.1 Å². The molecule has 5 heteroatoms. The molecule has 1 aliphatic heterocycles. The zero-order chi connectivity index (χ0) is 13.1. The minimum absolute atomic E-state index is 0.520. The van der Waals surface area contributed by atoms with E-state index in [0.717, 1.165) is 24.5 Å². The van der Waals surface area contributed by atoms with E-state index in [1.807, 2.05) is 19.2 Å². The Morgan fingerprint density at radius 3 is 2.61 bits per heavy atom. The van der Waals surface area contributed by atoms with Crippen molar-refractivity contribution >= 4 is 11.8 Å². The van der Waals surface area contributed by atoms with E-state index in [1.54, 1.807) is 12.1 Å². The Morgan fingerprint density at radius 2 is 2.11 bits per heavy atom. The third-order valence-corrected chi connectivity index (χ3v) is 2.97. The number of likely N-dealkylation sites (N-methyl/N-ethyl adjacent to an activating group) is 1. The summed E-state index contributed by atoms with van der Waals surface area (Å²) in [6.45, 7) is 1.72. The number of esters is 1. The summed E-state index contributed by atoms with van der Waals surface area (Å²) in [5, 5.41) is 9.68. The Balaban J connectivity index is 2.18. The first kappa shape index (κ1) is 12.6. The Kier molecular flexibility index (Phi) is 3.62. The third-order valence-electron chi connectivity index (χ3n) is 2.97. The van der Waals surface area contributed by atoms with Crippen molar-refractivity contribution in [2.75, 3.05) is 27.2 Å². The average Bonchev–Trinajstić information content (AvgIpc) is 2.83. The highest BCUT2D eigenvalue weighted by Gasteiger charge is 2.19. The van der Waals surface area contributed by atoms with Gasteiger partial charge in [0.05, 0.1) is 13.7 Å². The van der Waals surface area contributed by atoms with Gasteiger partial charge in [-0.05, 0) is 5.56 Å². The summed E-state index contributed by atoms with van der Waals surface area (Å²) in [6.07, 6.45) is -1.23. The van der Waals surface area contributed by atoms with E-state index in [-0.39, 0.29) is 0 Å². The fourth-order valence-electron chi connectivity index (χ4n) is 1.91. The number of carbonyl (C=O) groups excluding carboxylic acids is 1. The number of methoxy groups -OCH3 is 1. The number of amidine groups is 1. The van der Waals surface area contributed by atoms with Gasteiger partial charge in [-0.2, -0.15) is 0 Å². The number of rotatable bonds is 3. The van der Waals surface area contributed by atoms with E-state index in [0.29, 0.717) is 5.56 Å². The van der Waals surface area contributed by atoms with Gasteiger partial charge in [0.25, 0.3) is 0 Å². The summed E-state index contributed by atoms with van der Waals surface area (Å²) in [5.41, 5.74) is 1.50. The summed E-state index contributed by atoms with van der Waals surface area (Å²) in [4.78, 5) is 17.7. The van der Waals surface area contributed by atoms with Gasteiger partial charge in [0.15, 0.2) is 6.10 Å². The fourth-order valence-corrected chi connectivity index (χ4v) is 1.91. The van der Waals surface area contributed by atoms with E-state index in [9.17, 15) is 9.90 Å². The molecule has 0 amide bonds. The normalized spacial score (nSPS) is 16.4. The fraction of sp³-hybridized carbons (Fsp3) is 0.385. The molecule has 1 aliphatic rings. The first-order valence-electron chi connectivity index (χ1n) is 5.75. The second-order valence-corrected chi connectivity index (χ2v) is 4.17. The van der Waals surface area contributed by atoms with Crippen molar-refractivity contribution < 1.29 is 14.6 Å². The molecule has 1 N–H and O–H groups in total. The molecule has 0 saturated carbocycles. The largest absolute Gasteiger partial charge is 0.467 e. The highest BCUT2D eigenvalue weighted by molar-refractivity contribution is 5.99. The van der Waals surface area contributed by atoms with Crippen LogP contribution in [-0.2, 0) is 9.53 Å². The first-order chi connectivity index (χ1) is 8.63. The van der Waals surface area contributed by atoms with Gasteiger partial charge in [0.1, 0.15) is 5.84 Å². The van der Waals surface area contributed by atoms with Crippen molar-refractivity contribution in [2.24, 2.45) is 4.99 Å². The first-order valence-corrected chi connectivity index (χ1v) is 5.75. The van der Waals surface area contributed by atoms with Crippen LogP contribution in [0, 0.1) is 0 Å². The van der Waals surface area contributed by atoms with Crippen molar-refractivity contribution in [1.29, 1.82) is 0 Å². The molecule has 0 aromatic heterocycles. The van der Waals surface area contributed by atoms with Crippen molar-refractivity contribution in [2.45, 2.75) is 6.10 Å². The highest BCUT2D eigenvalue weighted by Crippen LogP contribution is 2.17. The lowest BCUT2D eigenvalue weighted by atomic mass is 10.1. The molecule has 96 valence electrons. The second kappa shape index (κ2) is 5.18. The van der Waals surface area contributed by atoms with E-state index in [4.69, 9.17) is 0 Å². The van der Waals surface area contributed by atoms with E-state index >= 15 is 0 Å². The Morgan fingerprint density at radius 1 is 1.44 bits per heavy atom. The molecule has 0 saturated heterocycles. The molecule has 1 aromatic rings. The maximum atomic E-state index is 11.2. The minimum atomic E-state index is -1.23. The van der Waals surface area contributed by atoms with Crippen molar-refractivity contribution in [3.05, 3.63) is 35.4 Å². The number of ether oxygens (including phenoxy) is 1. The van der Waals surface area contributed by atoms with Gasteiger partial charge < -0.3 is 14.7 Å². The second-order valence-electron chi connectivity index (χ2n) is 4.17. The summed E-state index contributed by atoms with van der Waals surface area (Å²) < 4.78 is 4.49. The Hall–Kier alpha value is -1.88. The molecule has 0 bridgehead atoms. The SMILES string of the molecule is COC(=O)C(O)c1ccc(C2=NCCN2C)cc1. The Labute approximate surface area is 106 Å². The van der Waals surface area contributed by atoms with Crippen LogP contribution in [0.3, 0.4) is 0 Å². The number of hydrogen-bond donors (Lipinski definition) is 1. The van der Waals surface area contributed by atoms with Crippen LogP contribution in [0.25, 0.3) is 0 Å². The van der Waals surface area contributed by atoms with Gasteiger partial charge in [0.2, 0.25) is 0 Å². The number of aliphatic hydroxyl groups excluding tert-OH is 1. The predicted octanol–water partition coefficient (Wildman–Crippen LogP) is 0.585. The smallest absolute Gasteiger partial charge is 0.339 e. The number of nitrogens with zero attached hydrogens (tertiary/aromatic N) is 2. The van der Waals surface area contributed by atoms with E-state index < -0.39 is 12.1 Å². The number of hydrogen-bond acceptors (Lipinski definition) is 5. The molecule has 18 heavy (non-hydrogen) atoms. The monoisotopic (exact) mass is 248 g/mol. The quantitative estimate of drug-likeness (QED) is 0.795. The summed E-state index contributed by atoms with van der Waals surface area (Å²) in [6, 6.07) is 7.13. The maximum Gasteiger partial charge on any atom is 0.339 e. The summed E-state index contributed by atoms with van der Waals surface area (Å²) in [5.74, 6) is 0.284. The van der Waals surface area contributed by atoms with Crippen LogP contribution in [0.5, 0.6) is 0 Å².